The van der Waals surface area contributed by atoms with Crippen molar-refractivity contribution in [3.05, 3.63) is 22.9 Å². The summed E-state index contributed by atoms with van der Waals surface area (Å²) in [5, 5.41) is 8.86. The number of ether oxygens (including phenoxy) is 1. The summed E-state index contributed by atoms with van der Waals surface area (Å²) in [5.41, 5.74) is -0.223. The van der Waals surface area contributed by atoms with Crippen molar-refractivity contribution in [2.75, 3.05) is 6.61 Å². The van der Waals surface area contributed by atoms with Crippen molar-refractivity contribution >= 4 is 15.9 Å². The topological polar surface area (TPSA) is 45.9 Å². The molecule has 1 aromatic heterocycles. The molecule has 1 heterocycles. The molecule has 3 nitrogen and oxygen atoms in total. The lowest BCUT2D eigenvalue weighted by atomic mass is 9.89. The van der Waals surface area contributed by atoms with E-state index in [1.165, 1.54) is 0 Å². The van der Waals surface area contributed by atoms with Gasteiger partial charge in [-0.15, -0.1) is 0 Å². The average Bonchev–Trinajstić information content (AvgIpc) is 2.31. The van der Waals surface area contributed by atoms with Gasteiger partial charge in [0.15, 0.2) is 0 Å². The van der Waals surface area contributed by atoms with Gasteiger partial charge in [0.1, 0.15) is 10.4 Å². The van der Waals surface area contributed by atoms with Crippen molar-refractivity contribution < 1.29 is 4.74 Å². The summed E-state index contributed by atoms with van der Waals surface area (Å²) < 4.78 is 6.35. The fourth-order valence-electron chi connectivity index (χ4n) is 1.36. The van der Waals surface area contributed by atoms with E-state index >= 15 is 0 Å². The van der Waals surface area contributed by atoms with Crippen LogP contribution in [0.4, 0.5) is 0 Å². The minimum Gasteiger partial charge on any atom is -0.492 e. The van der Waals surface area contributed by atoms with E-state index in [0.29, 0.717) is 6.61 Å². The van der Waals surface area contributed by atoms with Gasteiger partial charge in [-0.25, -0.2) is 4.98 Å². The molecular formula is C13H17BrN2O. The first-order valence-corrected chi connectivity index (χ1v) is 6.48. The minimum absolute atomic E-state index is 0.223. The van der Waals surface area contributed by atoms with E-state index in [1.54, 1.807) is 6.20 Å². The van der Waals surface area contributed by atoms with Crippen LogP contribution in [-0.2, 0) is 0 Å². The number of nitrogens with zero attached hydrogens (tertiary/aromatic N) is 2. The van der Waals surface area contributed by atoms with Crippen LogP contribution in [0.15, 0.2) is 22.9 Å². The van der Waals surface area contributed by atoms with Gasteiger partial charge in [-0.1, -0.05) is 0 Å². The molecule has 0 atom stereocenters. The Labute approximate surface area is 111 Å². The van der Waals surface area contributed by atoms with Gasteiger partial charge < -0.3 is 4.74 Å². The molecule has 4 heteroatoms. The van der Waals surface area contributed by atoms with Gasteiger partial charge in [-0.3, -0.25) is 0 Å². The SMILES string of the molecule is CC(C)(C#N)CCCCOc1ccc(Br)nc1. The molecule has 0 radical (unpaired) electrons. The number of halogens is 1. The molecule has 0 spiro atoms. The van der Waals surface area contributed by atoms with E-state index in [2.05, 4.69) is 27.0 Å². The Balaban J connectivity index is 2.17. The first-order chi connectivity index (χ1) is 8.03. The second-order valence-electron chi connectivity index (χ2n) is 4.62. The standard InChI is InChI=1S/C13H17BrN2O/c1-13(2,10-15)7-3-4-8-17-11-5-6-12(14)16-9-11/h5-6,9H,3-4,7-8H2,1-2H3. The van der Waals surface area contributed by atoms with Gasteiger partial charge in [0.2, 0.25) is 0 Å². The van der Waals surface area contributed by atoms with E-state index < -0.39 is 0 Å². The highest BCUT2D eigenvalue weighted by Gasteiger charge is 2.15. The third-order valence-electron chi connectivity index (χ3n) is 2.47. The Hall–Kier alpha value is -1.08. The Bertz CT molecular complexity index is 381. The Morgan fingerprint density at radius 1 is 1.41 bits per heavy atom. The molecule has 0 N–H and O–H groups in total. The van der Waals surface area contributed by atoms with Gasteiger partial charge in [-0.05, 0) is 61.2 Å². The second-order valence-corrected chi connectivity index (χ2v) is 5.43. The van der Waals surface area contributed by atoms with E-state index in [1.807, 2.05) is 26.0 Å². The quantitative estimate of drug-likeness (QED) is 0.590. The highest BCUT2D eigenvalue weighted by molar-refractivity contribution is 9.10. The maximum Gasteiger partial charge on any atom is 0.137 e. The number of pyridine rings is 1. The van der Waals surface area contributed by atoms with Gasteiger partial charge in [0.05, 0.1) is 24.3 Å². The molecule has 0 amide bonds. The smallest absolute Gasteiger partial charge is 0.137 e. The number of hydrogen-bond donors (Lipinski definition) is 0. The molecule has 0 saturated heterocycles. The first kappa shape index (κ1) is 14.0. The zero-order valence-corrected chi connectivity index (χ0v) is 11.8. The fraction of sp³-hybridized carbons (Fsp3) is 0.538. The van der Waals surface area contributed by atoms with Gasteiger partial charge >= 0.3 is 0 Å². The third-order valence-corrected chi connectivity index (χ3v) is 2.94. The van der Waals surface area contributed by atoms with E-state index in [-0.39, 0.29) is 5.41 Å². The average molecular weight is 297 g/mol. The van der Waals surface area contributed by atoms with Crippen molar-refractivity contribution in [3.63, 3.8) is 0 Å². The summed E-state index contributed by atoms with van der Waals surface area (Å²) in [6.45, 7) is 4.60. The molecular weight excluding hydrogens is 280 g/mol. The van der Waals surface area contributed by atoms with Crippen LogP contribution in [0, 0.1) is 16.7 Å². The summed E-state index contributed by atoms with van der Waals surface area (Å²) >= 11 is 3.27. The number of aromatic nitrogens is 1. The summed E-state index contributed by atoms with van der Waals surface area (Å²) in [6, 6.07) is 6.04. The third kappa shape index (κ3) is 5.69. The lowest BCUT2D eigenvalue weighted by Crippen LogP contribution is -2.08. The molecule has 17 heavy (non-hydrogen) atoms. The van der Waals surface area contributed by atoms with Crippen LogP contribution in [0.2, 0.25) is 0 Å². The van der Waals surface area contributed by atoms with Crippen LogP contribution in [0.3, 0.4) is 0 Å². The van der Waals surface area contributed by atoms with Crippen molar-refractivity contribution in [1.29, 1.82) is 5.26 Å². The molecule has 0 aliphatic carbocycles. The van der Waals surface area contributed by atoms with E-state index in [4.69, 9.17) is 10.00 Å². The predicted octanol–water partition coefficient (Wildman–Crippen LogP) is 3.94. The molecule has 92 valence electrons. The highest BCUT2D eigenvalue weighted by Crippen LogP contribution is 2.21. The Morgan fingerprint density at radius 2 is 2.18 bits per heavy atom. The normalized spacial score (nSPS) is 10.9. The number of unbranched alkanes of at least 4 members (excludes halogenated alkanes) is 1. The van der Waals surface area contributed by atoms with Gasteiger partial charge in [0.25, 0.3) is 0 Å². The predicted molar refractivity (Wildman–Crippen MR) is 70.7 cm³/mol. The van der Waals surface area contributed by atoms with Gasteiger partial charge in [0, 0.05) is 0 Å². The van der Waals surface area contributed by atoms with Crippen LogP contribution in [0.1, 0.15) is 33.1 Å². The van der Waals surface area contributed by atoms with Crippen molar-refractivity contribution in [2.45, 2.75) is 33.1 Å². The van der Waals surface area contributed by atoms with Crippen LogP contribution in [0.5, 0.6) is 5.75 Å². The maximum absolute atomic E-state index is 8.86. The molecule has 0 bridgehead atoms. The zero-order valence-electron chi connectivity index (χ0n) is 10.2. The van der Waals surface area contributed by atoms with E-state index in [0.717, 1.165) is 29.6 Å². The molecule has 0 aromatic carbocycles. The monoisotopic (exact) mass is 296 g/mol. The molecule has 1 aromatic rings. The van der Waals surface area contributed by atoms with Crippen LogP contribution in [-0.4, -0.2) is 11.6 Å². The summed E-state index contributed by atoms with van der Waals surface area (Å²) in [5.74, 6) is 0.785. The molecule has 0 aliphatic rings. The lowest BCUT2D eigenvalue weighted by molar-refractivity contribution is 0.294. The van der Waals surface area contributed by atoms with Gasteiger partial charge in [-0.2, -0.15) is 5.26 Å². The molecule has 0 unspecified atom stereocenters. The largest absolute Gasteiger partial charge is 0.492 e. The number of hydrogen-bond acceptors (Lipinski definition) is 3. The summed E-state index contributed by atoms with van der Waals surface area (Å²) in [6.07, 6.45) is 4.57. The van der Waals surface area contributed by atoms with Crippen molar-refractivity contribution in [1.82, 2.24) is 4.98 Å². The van der Waals surface area contributed by atoms with Crippen LogP contribution < -0.4 is 4.74 Å². The maximum atomic E-state index is 8.86. The summed E-state index contributed by atoms with van der Waals surface area (Å²) in [7, 11) is 0. The number of rotatable bonds is 6. The molecule has 0 aliphatic heterocycles. The molecule has 0 fully saturated rings. The van der Waals surface area contributed by atoms with Crippen LogP contribution in [0.25, 0.3) is 0 Å². The highest BCUT2D eigenvalue weighted by atomic mass is 79.9. The number of nitriles is 1. The fourth-order valence-corrected chi connectivity index (χ4v) is 1.60. The van der Waals surface area contributed by atoms with Crippen molar-refractivity contribution in [2.24, 2.45) is 5.41 Å². The van der Waals surface area contributed by atoms with Crippen molar-refractivity contribution in [3.8, 4) is 11.8 Å². The lowest BCUT2D eigenvalue weighted by Gasteiger charge is -2.14. The Kier molecular flexibility index (Phi) is 5.43. The second kappa shape index (κ2) is 6.61. The van der Waals surface area contributed by atoms with Crippen LogP contribution >= 0.6 is 15.9 Å². The first-order valence-electron chi connectivity index (χ1n) is 5.69. The summed E-state index contributed by atoms with van der Waals surface area (Å²) in [4.78, 5) is 4.08. The van der Waals surface area contributed by atoms with E-state index in [9.17, 15) is 0 Å². The molecule has 1 rings (SSSR count). The zero-order chi connectivity index (χ0) is 12.7. The Morgan fingerprint density at radius 3 is 2.76 bits per heavy atom. The minimum atomic E-state index is -0.223. The molecule has 0 saturated carbocycles.